The standard InChI is InChI=1S/C23H28O2/c1-10-11(2)15(6)19(16(7)12(10)3)21-20-17(8)13(4)14(5)18(9)22(20)25-23(21)24/h21H,1-9H3. The maximum Gasteiger partial charge on any atom is 0.323 e. The number of ether oxygens (including phenoxy) is 1. The second-order valence-corrected chi connectivity index (χ2v) is 7.64. The first-order valence-electron chi connectivity index (χ1n) is 8.98. The zero-order chi connectivity index (χ0) is 18.8. The average Bonchev–Trinajstić information content (AvgIpc) is 2.92. The molecule has 1 heterocycles. The molecule has 1 unspecified atom stereocenters. The third-order valence-electron chi connectivity index (χ3n) is 6.75. The van der Waals surface area contributed by atoms with Crippen molar-refractivity contribution in [2.24, 2.45) is 0 Å². The highest BCUT2D eigenvalue weighted by Crippen LogP contribution is 2.48. The van der Waals surface area contributed by atoms with Gasteiger partial charge in [-0.2, -0.15) is 0 Å². The van der Waals surface area contributed by atoms with E-state index in [0.29, 0.717) is 0 Å². The van der Waals surface area contributed by atoms with Gasteiger partial charge in [0.05, 0.1) is 0 Å². The molecule has 3 rings (SSSR count). The van der Waals surface area contributed by atoms with E-state index in [1.807, 2.05) is 0 Å². The smallest absolute Gasteiger partial charge is 0.323 e. The van der Waals surface area contributed by atoms with Crippen LogP contribution < -0.4 is 4.74 Å². The molecule has 0 aliphatic carbocycles. The number of hydrogen-bond acceptors (Lipinski definition) is 2. The maximum atomic E-state index is 12.9. The van der Waals surface area contributed by atoms with E-state index in [1.165, 1.54) is 44.5 Å². The first-order valence-corrected chi connectivity index (χ1v) is 8.98. The molecular weight excluding hydrogens is 308 g/mol. The number of esters is 1. The van der Waals surface area contributed by atoms with Gasteiger partial charge in [0.25, 0.3) is 0 Å². The fraction of sp³-hybridized carbons (Fsp3) is 0.435. The van der Waals surface area contributed by atoms with Crippen LogP contribution in [0, 0.1) is 62.3 Å². The van der Waals surface area contributed by atoms with E-state index >= 15 is 0 Å². The van der Waals surface area contributed by atoms with Gasteiger partial charge in [0.2, 0.25) is 0 Å². The molecule has 2 aromatic carbocycles. The molecule has 0 N–H and O–H groups in total. The monoisotopic (exact) mass is 336 g/mol. The van der Waals surface area contributed by atoms with E-state index in [2.05, 4.69) is 62.3 Å². The van der Waals surface area contributed by atoms with Crippen molar-refractivity contribution in [1.29, 1.82) is 0 Å². The van der Waals surface area contributed by atoms with Crippen LogP contribution in [0.2, 0.25) is 0 Å². The molecule has 0 saturated heterocycles. The Labute approximate surface area is 151 Å². The van der Waals surface area contributed by atoms with Gasteiger partial charge in [-0.25, -0.2) is 0 Å². The normalized spacial score (nSPS) is 16.2. The van der Waals surface area contributed by atoms with E-state index in [-0.39, 0.29) is 11.9 Å². The minimum Gasteiger partial charge on any atom is -0.425 e. The Morgan fingerprint density at radius 2 is 0.880 bits per heavy atom. The summed E-state index contributed by atoms with van der Waals surface area (Å²) in [5, 5.41) is 0. The van der Waals surface area contributed by atoms with Crippen LogP contribution in [0.3, 0.4) is 0 Å². The van der Waals surface area contributed by atoms with E-state index in [1.54, 1.807) is 0 Å². The van der Waals surface area contributed by atoms with Crippen LogP contribution in [0.25, 0.3) is 0 Å². The predicted octanol–water partition coefficient (Wildman–Crippen LogP) is 5.51. The molecule has 2 nitrogen and oxygen atoms in total. The lowest BCUT2D eigenvalue weighted by Gasteiger charge is -2.23. The minimum atomic E-state index is -0.314. The summed E-state index contributed by atoms with van der Waals surface area (Å²) >= 11 is 0. The number of carbonyl (C=O) groups is 1. The molecule has 0 fully saturated rings. The molecule has 1 aliphatic heterocycles. The Balaban J connectivity index is 2.40. The molecule has 25 heavy (non-hydrogen) atoms. The fourth-order valence-corrected chi connectivity index (χ4v) is 4.29. The van der Waals surface area contributed by atoms with Crippen LogP contribution in [0.5, 0.6) is 5.75 Å². The van der Waals surface area contributed by atoms with Gasteiger partial charge in [0.1, 0.15) is 11.7 Å². The van der Waals surface area contributed by atoms with Crippen molar-refractivity contribution in [2.75, 3.05) is 0 Å². The molecular formula is C23H28O2. The van der Waals surface area contributed by atoms with Crippen LogP contribution in [0.4, 0.5) is 0 Å². The number of benzene rings is 2. The van der Waals surface area contributed by atoms with Gasteiger partial charge in [-0.1, -0.05) is 0 Å². The van der Waals surface area contributed by atoms with Gasteiger partial charge < -0.3 is 4.74 Å². The minimum absolute atomic E-state index is 0.139. The Kier molecular flexibility index (Phi) is 4.06. The van der Waals surface area contributed by atoms with Crippen molar-refractivity contribution in [3.63, 3.8) is 0 Å². The second kappa shape index (κ2) is 5.72. The van der Waals surface area contributed by atoms with E-state index in [9.17, 15) is 4.79 Å². The molecule has 0 aromatic heterocycles. The van der Waals surface area contributed by atoms with Crippen LogP contribution in [-0.2, 0) is 4.79 Å². The molecule has 2 aromatic rings. The summed E-state index contributed by atoms with van der Waals surface area (Å²) in [6.07, 6.45) is 0. The lowest BCUT2D eigenvalue weighted by atomic mass is 9.78. The molecule has 2 heteroatoms. The third-order valence-corrected chi connectivity index (χ3v) is 6.75. The molecule has 0 spiro atoms. The zero-order valence-electron chi connectivity index (χ0n) is 16.9. The molecule has 0 radical (unpaired) electrons. The molecule has 1 aliphatic rings. The number of rotatable bonds is 1. The summed E-state index contributed by atoms with van der Waals surface area (Å²) in [5.41, 5.74) is 13.2. The Hall–Kier alpha value is -2.09. The van der Waals surface area contributed by atoms with Gasteiger partial charge in [-0.3, -0.25) is 4.79 Å². The van der Waals surface area contributed by atoms with Crippen molar-refractivity contribution >= 4 is 5.97 Å². The fourth-order valence-electron chi connectivity index (χ4n) is 4.29. The molecule has 1 atom stereocenters. The van der Waals surface area contributed by atoms with E-state index in [4.69, 9.17) is 4.74 Å². The van der Waals surface area contributed by atoms with Crippen molar-refractivity contribution in [2.45, 2.75) is 68.2 Å². The largest absolute Gasteiger partial charge is 0.425 e. The predicted molar refractivity (Wildman–Crippen MR) is 103 cm³/mol. The van der Waals surface area contributed by atoms with Crippen molar-refractivity contribution in [3.05, 3.63) is 61.2 Å². The van der Waals surface area contributed by atoms with Crippen molar-refractivity contribution in [1.82, 2.24) is 0 Å². The lowest BCUT2D eigenvalue weighted by Crippen LogP contribution is -2.16. The SMILES string of the molecule is Cc1c(C)c(C)c(C2C(=O)Oc3c(C)c(C)c(C)c(C)c32)c(C)c1C. The summed E-state index contributed by atoms with van der Waals surface area (Å²) in [4.78, 5) is 12.9. The van der Waals surface area contributed by atoms with Crippen LogP contribution in [0.15, 0.2) is 0 Å². The molecule has 0 saturated carbocycles. The maximum absolute atomic E-state index is 12.9. The van der Waals surface area contributed by atoms with Crippen LogP contribution >= 0.6 is 0 Å². The van der Waals surface area contributed by atoms with Gasteiger partial charge in [-0.05, 0) is 118 Å². The van der Waals surface area contributed by atoms with Crippen LogP contribution in [0.1, 0.15) is 67.1 Å². The molecule has 132 valence electrons. The first-order chi connectivity index (χ1) is 11.6. The Morgan fingerprint density at radius 1 is 0.520 bits per heavy atom. The van der Waals surface area contributed by atoms with Gasteiger partial charge in [0, 0.05) is 5.56 Å². The summed E-state index contributed by atoms with van der Waals surface area (Å²) in [7, 11) is 0. The van der Waals surface area contributed by atoms with Crippen LogP contribution in [-0.4, -0.2) is 5.97 Å². The van der Waals surface area contributed by atoms with Crippen molar-refractivity contribution < 1.29 is 9.53 Å². The zero-order valence-corrected chi connectivity index (χ0v) is 16.9. The highest BCUT2D eigenvalue weighted by molar-refractivity contribution is 5.92. The topological polar surface area (TPSA) is 26.3 Å². The van der Waals surface area contributed by atoms with E-state index in [0.717, 1.165) is 22.4 Å². The highest BCUT2D eigenvalue weighted by atomic mass is 16.5. The first kappa shape index (κ1) is 17.7. The molecule has 0 bridgehead atoms. The highest BCUT2D eigenvalue weighted by Gasteiger charge is 2.40. The van der Waals surface area contributed by atoms with Crippen molar-refractivity contribution in [3.8, 4) is 5.75 Å². The summed E-state index contributed by atoms with van der Waals surface area (Å²) in [6.45, 7) is 19.2. The van der Waals surface area contributed by atoms with Gasteiger partial charge in [-0.15, -0.1) is 0 Å². The summed E-state index contributed by atoms with van der Waals surface area (Å²) < 4.78 is 5.80. The number of fused-ring (bicyclic) bond motifs is 1. The average molecular weight is 336 g/mol. The van der Waals surface area contributed by atoms with Gasteiger partial charge >= 0.3 is 5.97 Å². The quantitative estimate of drug-likeness (QED) is 0.507. The lowest BCUT2D eigenvalue weighted by molar-refractivity contribution is -0.133. The third kappa shape index (κ3) is 2.27. The summed E-state index contributed by atoms with van der Waals surface area (Å²) in [6, 6.07) is 0. The van der Waals surface area contributed by atoms with E-state index < -0.39 is 0 Å². The van der Waals surface area contributed by atoms with Gasteiger partial charge in [0.15, 0.2) is 0 Å². The Morgan fingerprint density at radius 3 is 1.36 bits per heavy atom. The second-order valence-electron chi connectivity index (χ2n) is 7.64. The Bertz CT molecular complexity index is 903. The molecule has 0 amide bonds. The number of hydrogen-bond donors (Lipinski definition) is 0. The summed E-state index contributed by atoms with van der Waals surface area (Å²) in [5.74, 6) is 0.330. The number of carbonyl (C=O) groups excluding carboxylic acids is 1.